The van der Waals surface area contributed by atoms with E-state index in [9.17, 15) is 0 Å². The lowest BCUT2D eigenvalue weighted by molar-refractivity contribution is 0.118. The van der Waals surface area contributed by atoms with E-state index < -0.39 is 0 Å². The van der Waals surface area contributed by atoms with Gasteiger partial charge in [-0.05, 0) is 13.3 Å². The van der Waals surface area contributed by atoms with Gasteiger partial charge in [0.25, 0.3) is 0 Å². The van der Waals surface area contributed by atoms with Gasteiger partial charge in [0, 0.05) is 13.0 Å². The minimum Gasteiger partial charge on any atom is -0.378 e. The van der Waals surface area contributed by atoms with Gasteiger partial charge in [-0.25, -0.2) is 0 Å². The van der Waals surface area contributed by atoms with Crippen molar-refractivity contribution in [1.82, 2.24) is 15.0 Å². The van der Waals surface area contributed by atoms with Crippen LogP contribution in [0, 0.1) is 5.92 Å². The molecule has 0 spiro atoms. The zero-order valence-electron chi connectivity index (χ0n) is 8.55. The first-order valence-corrected chi connectivity index (χ1v) is 4.90. The molecule has 2 N–H and O–H groups in total. The predicted molar refractivity (Wildman–Crippen MR) is 51.5 cm³/mol. The van der Waals surface area contributed by atoms with Gasteiger partial charge in [0.1, 0.15) is 0 Å². The number of aromatic nitrogens is 3. The van der Waals surface area contributed by atoms with Crippen LogP contribution in [0.3, 0.4) is 0 Å². The van der Waals surface area contributed by atoms with Crippen molar-refractivity contribution < 1.29 is 4.74 Å². The predicted octanol–water partition coefficient (Wildman–Crippen LogP) is 0.240. The zero-order chi connectivity index (χ0) is 10.1. The molecular formula is C9H16N4O. The zero-order valence-corrected chi connectivity index (χ0v) is 8.55. The van der Waals surface area contributed by atoms with Crippen LogP contribution in [0.25, 0.3) is 0 Å². The van der Waals surface area contributed by atoms with Gasteiger partial charge in [-0.3, -0.25) is 0 Å². The van der Waals surface area contributed by atoms with E-state index in [1.165, 1.54) is 4.80 Å². The Morgan fingerprint density at radius 2 is 2.50 bits per heavy atom. The highest BCUT2D eigenvalue weighted by Gasteiger charge is 2.29. The van der Waals surface area contributed by atoms with Crippen LogP contribution >= 0.6 is 0 Å². The van der Waals surface area contributed by atoms with Crippen molar-refractivity contribution in [2.45, 2.75) is 25.5 Å². The molecule has 1 aromatic rings. The Morgan fingerprint density at radius 1 is 1.71 bits per heavy atom. The summed E-state index contributed by atoms with van der Waals surface area (Å²) in [6, 6.07) is -0.0475. The van der Waals surface area contributed by atoms with Crippen molar-refractivity contribution in [3.05, 3.63) is 11.9 Å². The number of aryl methyl sites for hydroxylation is 1. The van der Waals surface area contributed by atoms with E-state index >= 15 is 0 Å². The Kier molecular flexibility index (Phi) is 2.52. The molecule has 1 aliphatic rings. The number of hydrogen-bond donors (Lipinski definition) is 1. The lowest BCUT2D eigenvalue weighted by Gasteiger charge is -2.14. The highest BCUT2D eigenvalue weighted by molar-refractivity contribution is 5.02. The maximum atomic E-state index is 6.08. The molecule has 0 saturated carbocycles. The fourth-order valence-corrected chi connectivity index (χ4v) is 1.86. The van der Waals surface area contributed by atoms with Crippen LogP contribution in [-0.2, 0) is 11.8 Å². The number of ether oxygens (including phenoxy) is 1. The molecule has 0 bridgehead atoms. The van der Waals surface area contributed by atoms with Crippen molar-refractivity contribution in [3.63, 3.8) is 0 Å². The second kappa shape index (κ2) is 3.67. The van der Waals surface area contributed by atoms with Crippen LogP contribution < -0.4 is 5.73 Å². The maximum Gasteiger partial charge on any atom is 0.0997 e. The van der Waals surface area contributed by atoms with E-state index in [4.69, 9.17) is 10.5 Å². The SMILES string of the molecule is CC1CC(C(N)c2cnn(C)n2)CO1. The molecule has 5 heteroatoms. The molecule has 1 aliphatic heterocycles. The molecule has 0 radical (unpaired) electrons. The topological polar surface area (TPSA) is 66.0 Å². The number of nitrogens with two attached hydrogens (primary N) is 1. The Hall–Kier alpha value is -0.940. The van der Waals surface area contributed by atoms with Crippen molar-refractivity contribution in [3.8, 4) is 0 Å². The molecule has 1 saturated heterocycles. The van der Waals surface area contributed by atoms with Crippen LogP contribution in [-0.4, -0.2) is 27.7 Å². The number of nitrogens with zero attached hydrogens (tertiary/aromatic N) is 3. The molecule has 14 heavy (non-hydrogen) atoms. The number of rotatable bonds is 2. The third-order valence-electron chi connectivity index (χ3n) is 2.70. The molecule has 3 atom stereocenters. The summed E-state index contributed by atoms with van der Waals surface area (Å²) in [7, 11) is 1.80. The highest BCUT2D eigenvalue weighted by Crippen LogP contribution is 2.28. The summed E-state index contributed by atoms with van der Waals surface area (Å²) in [6.45, 7) is 2.81. The van der Waals surface area contributed by atoms with E-state index in [1.54, 1.807) is 13.2 Å². The molecule has 1 fully saturated rings. The second-order valence-electron chi connectivity index (χ2n) is 3.92. The largest absolute Gasteiger partial charge is 0.378 e. The summed E-state index contributed by atoms with van der Waals surface area (Å²) >= 11 is 0. The molecule has 78 valence electrons. The summed E-state index contributed by atoms with van der Waals surface area (Å²) in [6.07, 6.45) is 3.06. The summed E-state index contributed by atoms with van der Waals surface area (Å²) in [4.78, 5) is 1.54. The average Bonchev–Trinajstić information content (AvgIpc) is 2.73. The fraction of sp³-hybridized carbons (Fsp3) is 0.778. The van der Waals surface area contributed by atoms with E-state index in [1.807, 2.05) is 0 Å². The van der Waals surface area contributed by atoms with Gasteiger partial charge in [-0.2, -0.15) is 15.0 Å². The summed E-state index contributed by atoms with van der Waals surface area (Å²) < 4.78 is 5.48. The first-order chi connectivity index (χ1) is 6.66. The Labute approximate surface area is 83.2 Å². The van der Waals surface area contributed by atoms with Gasteiger partial charge >= 0.3 is 0 Å². The monoisotopic (exact) mass is 196 g/mol. The second-order valence-corrected chi connectivity index (χ2v) is 3.92. The summed E-state index contributed by atoms with van der Waals surface area (Å²) in [5.41, 5.74) is 6.94. The molecular weight excluding hydrogens is 180 g/mol. The first kappa shape index (κ1) is 9.61. The van der Waals surface area contributed by atoms with Gasteiger partial charge in [-0.15, -0.1) is 0 Å². The molecule has 2 rings (SSSR count). The molecule has 5 nitrogen and oxygen atoms in total. The fourth-order valence-electron chi connectivity index (χ4n) is 1.86. The molecule has 0 aromatic carbocycles. The van der Waals surface area contributed by atoms with E-state index in [-0.39, 0.29) is 6.04 Å². The van der Waals surface area contributed by atoms with Gasteiger partial charge in [0.15, 0.2) is 0 Å². The minimum atomic E-state index is -0.0475. The van der Waals surface area contributed by atoms with Crippen molar-refractivity contribution in [2.75, 3.05) is 6.61 Å². The van der Waals surface area contributed by atoms with E-state index in [0.29, 0.717) is 12.0 Å². The van der Waals surface area contributed by atoms with Crippen LogP contribution in [0.4, 0.5) is 0 Å². The van der Waals surface area contributed by atoms with Crippen molar-refractivity contribution >= 4 is 0 Å². The standard InChI is InChI=1S/C9H16N4O/c1-6-3-7(5-14-6)9(10)8-4-11-13(2)12-8/h4,6-7,9H,3,5,10H2,1-2H3. The third-order valence-corrected chi connectivity index (χ3v) is 2.70. The first-order valence-electron chi connectivity index (χ1n) is 4.90. The summed E-state index contributed by atoms with van der Waals surface area (Å²) in [5.74, 6) is 0.377. The maximum absolute atomic E-state index is 6.08. The highest BCUT2D eigenvalue weighted by atomic mass is 16.5. The smallest absolute Gasteiger partial charge is 0.0997 e. The van der Waals surface area contributed by atoms with Crippen LogP contribution in [0.2, 0.25) is 0 Å². The van der Waals surface area contributed by atoms with Crippen LogP contribution in [0.1, 0.15) is 25.1 Å². The lowest BCUT2D eigenvalue weighted by Crippen LogP contribution is -2.22. The van der Waals surface area contributed by atoms with Crippen molar-refractivity contribution in [2.24, 2.45) is 18.7 Å². The Bertz CT molecular complexity index is 312. The van der Waals surface area contributed by atoms with Crippen LogP contribution in [0.5, 0.6) is 0 Å². The average molecular weight is 196 g/mol. The Balaban J connectivity index is 2.05. The van der Waals surface area contributed by atoms with E-state index in [0.717, 1.165) is 18.7 Å². The Morgan fingerprint density at radius 3 is 3.00 bits per heavy atom. The van der Waals surface area contributed by atoms with Gasteiger partial charge in [0.05, 0.1) is 30.6 Å². The lowest BCUT2D eigenvalue weighted by atomic mass is 9.96. The number of hydrogen-bond acceptors (Lipinski definition) is 4. The molecule has 1 aromatic heterocycles. The van der Waals surface area contributed by atoms with Crippen LogP contribution in [0.15, 0.2) is 6.20 Å². The molecule has 0 amide bonds. The van der Waals surface area contributed by atoms with E-state index in [2.05, 4.69) is 17.1 Å². The summed E-state index contributed by atoms with van der Waals surface area (Å²) in [5, 5.41) is 8.22. The van der Waals surface area contributed by atoms with Gasteiger partial charge < -0.3 is 10.5 Å². The quantitative estimate of drug-likeness (QED) is 0.735. The third kappa shape index (κ3) is 1.78. The van der Waals surface area contributed by atoms with Gasteiger partial charge in [-0.1, -0.05) is 0 Å². The molecule has 3 unspecified atom stereocenters. The molecule has 2 heterocycles. The normalized spacial score (nSPS) is 29.4. The van der Waals surface area contributed by atoms with Gasteiger partial charge in [0.2, 0.25) is 0 Å². The minimum absolute atomic E-state index is 0.0475. The molecule has 0 aliphatic carbocycles. The van der Waals surface area contributed by atoms with Crippen molar-refractivity contribution in [1.29, 1.82) is 0 Å².